The lowest BCUT2D eigenvalue weighted by atomic mass is 10.1. The highest BCUT2D eigenvalue weighted by atomic mass is 16.4. The Morgan fingerprint density at radius 1 is 1.39 bits per heavy atom. The van der Waals surface area contributed by atoms with E-state index in [-0.39, 0.29) is 22.7 Å². The second-order valence-electron chi connectivity index (χ2n) is 4.09. The van der Waals surface area contributed by atoms with Crippen LogP contribution in [0, 0.1) is 13.8 Å². The van der Waals surface area contributed by atoms with Crippen LogP contribution >= 0.6 is 0 Å². The molecule has 1 aromatic heterocycles. The first-order valence-corrected chi connectivity index (χ1v) is 5.48. The van der Waals surface area contributed by atoms with Crippen LogP contribution < -0.4 is 10.9 Å². The van der Waals surface area contributed by atoms with Crippen molar-refractivity contribution in [2.45, 2.75) is 26.8 Å². The zero-order valence-electron chi connectivity index (χ0n) is 10.8. The molecule has 0 saturated heterocycles. The topological polar surface area (TPSA) is 88.4 Å². The highest BCUT2D eigenvalue weighted by molar-refractivity contribution is 5.90. The maximum atomic E-state index is 11.9. The van der Waals surface area contributed by atoms with Gasteiger partial charge < -0.3 is 10.4 Å². The summed E-state index contributed by atoms with van der Waals surface area (Å²) in [4.78, 5) is 34.6. The lowest BCUT2D eigenvalue weighted by Crippen LogP contribution is -2.36. The van der Waals surface area contributed by atoms with E-state index < -0.39 is 12.0 Å². The van der Waals surface area contributed by atoms with Crippen LogP contribution in [0.2, 0.25) is 0 Å². The number of aromatic nitrogens is 1. The molecule has 6 heteroatoms. The number of rotatable bonds is 3. The number of nitrogens with one attached hydrogen (secondary N) is 1. The van der Waals surface area contributed by atoms with Crippen molar-refractivity contribution in [1.82, 2.24) is 9.88 Å². The van der Waals surface area contributed by atoms with Crippen LogP contribution in [0.4, 0.5) is 0 Å². The number of pyridine rings is 1. The molecule has 0 saturated carbocycles. The minimum atomic E-state index is -1.11. The van der Waals surface area contributed by atoms with E-state index in [1.165, 1.54) is 24.6 Å². The second kappa shape index (κ2) is 5.03. The van der Waals surface area contributed by atoms with Gasteiger partial charge in [-0.2, -0.15) is 0 Å². The average Bonchev–Trinajstić information content (AvgIpc) is 2.26. The van der Waals surface area contributed by atoms with Gasteiger partial charge in [-0.05, 0) is 26.3 Å². The summed E-state index contributed by atoms with van der Waals surface area (Å²) in [5.74, 6) is -1.46. The van der Waals surface area contributed by atoms with Gasteiger partial charge in [-0.1, -0.05) is 0 Å². The maximum absolute atomic E-state index is 11.9. The molecular weight excluding hydrogens is 236 g/mol. The van der Waals surface area contributed by atoms with Crippen LogP contribution in [-0.2, 0) is 4.79 Å². The molecule has 1 unspecified atom stereocenters. The highest BCUT2D eigenvalue weighted by Crippen LogP contribution is 2.15. The van der Waals surface area contributed by atoms with E-state index in [9.17, 15) is 14.4 Å². The third-order valence-corrected chi connectivity index (χ3v) is 2.92. The Morgan fingerprint density at radius 2 is 1.94 bits per heavy atom. The molecule has 1 aromatic rings. The van der Waals surface area contributed by atoms with E-state index in [1.807, 2.05) is 0 Å². The molecule has 6 nitrogen and oxygen atoms in total. The van der Waals surface area contributed by atoms with Gasteiger partial charge in [-0.15, -0.1) is 0 Å². The summed E-state index contributed by atoms with van der Waals surface area (Å²) in [5.41, 5.74) is 0.352. The molecule has 98 valence electrons. The summed E-state index contributed by atoms with van der Waals surface area (Å²) < 4.78 is 1.19. The SMILES string of the molecule is CNC(=O)C(C)n1c(C)c(C(=O)O)c(C)cc1=O. The average molecular weight is 252 g/mol. The summed E-state index contributed by atoms with van der Waals surface area (Å²) in [6.45, 7) is 4.64. The Morgan fingerprint density at radius 3 is 2.39 bits per heavy atom. The van der Waals surface area contributed by atoms with Gasteiger partial charge in [0.2, 0.25) is 5.91 Å². The number of carboxylic acids is 1. The molecule has 1 atom stereocenters. The van der Waals surface area contributed by atoms with Crippen molar-refractivity contribution in [2.24, 2.45) is 0 Å². The number of amides is 1. The fourth-order valence-electron chi connectivity index (χ4n) is 2.03. The van der Waals surface area contributed by atoms with Gasteiger partial charge in [0.1, 0.15) is 6.04 Å². The van der Waals surface area contributed by atoms with Crippen LogP contribution in [0.25, 0.3) is 0 Å². The molecule has 1 amide bonds. The predicted octanol–water partition coefficient (Wildman–Crippen LogP) is 0.470. The molecule has 0 radical (unpaired) electrons. The van der Waals surface area contributed by atoms with Crippen molar-refractivity contribution in [3.63, 3.8) is 0 Å². The summed E-state index contributed by atoms with van der Waals surface area (Å²) in [6, 6.07) is 0.483. The fraction of sp³-hybridized carbons (Fsp3) is 0.417. The van der Waals surface area contributed by atoms with Crippen LogP contribution in [0.5, 0.6) is 0 Å². The third kappa shape index (κ3) is 2.27. The van der Waals surface area contributed by atoms with Crippen LogP contribution in [0.1, 0.15) is 34.6 Å². The van der Waals surface area contributed by atoms with Crippen LogP contribution in [-0.4, -0.2) is 28.6 Å². The summed E-state index contributed by atoms with van der Waals surface area (Å²) in [5, 5.41) is 11.6. The molecule has 0 aliphatic carbocycles. The number of hydrogen-bond acceptors (Lipinski definition) is 3. The quantitative estimate of drug-likeness (QED) is 0.818. The highest BCUT2D eigenvalue weighted by Gasteiger charge is 2.21. The number of aromatic carboxylic acids is 1. The number of carbonyl (C=O) groups excluding carboxylic acids is 1. The lowest BCUT2D eigenvalue weighted by Gasteiger charge is -2.19. The molecule has 0 aliphatic heterocycles. The van der Waals surface area contributed by atoms with Gasteiger partial charge in [0.15, 0.2) is 0 Å². The molecular formula is C12H16N2O4. The summed E-state index contributed by atoms with van der Waals surface area (Å²) in [6.07, 6.45) is 0. The van der Waals surface area contributed by atoms with Crippen LogP contribution in [0.3, 0.4) is 0 Å². The van der Waals surface area contributed by atoms with Crippen molar-refractivity contribution in [1.29, 1.82) is 0 Å². The first-order chi connectivity index (χ1) is 8.31. The smallest absolute Gasteiger partial charge is 0.337 e. The monoisotopic (exact) mass is 252 g/mol. The van der Waals surface area contributed by atoms with Gasteiger partial charge >= 0.3 is 5.97 Å². The first kappa shape index (κ1) is 14.0. The van der Waals surface area contributed by atoms with E-state index in [2.05, 4.69) is 5.32 Å². The zero-order chi connectivity index (χ0) is 14.0. The molecule has 1 rings (SSSR count). The number of likely N-dealkylation sites (N-methyl/N-ethyl adjacent to an activating group) is 1. The zero-order valence-corrected chi connectivity index (χ0v) is 10.8. The molecule has 0 fully saturated rings. The third-order valence-electron chi connectivity index (χ3n) is 2.92. The standard InChI is InChI=1S/C12H16N2O4/c1-6-5-9(15)14(8(3)11(16)13-4)7(2)10(6)12(17)18/h5,8H,1-4H3,(H,13,16)(H,17,18). The number of carbonyl (C=O) groups is 2. The Hall–Kier alpha value is -2.11. The Balaban J connectivity index is 3.55. The normalized spacial score (nSPS) is 12.0. The largest absolute Gasteiger partial charge is 0.478 e. The molecule has 18 heavy (non-hydrogen) atoms. The number of carboxylic acid groups (broad SMARTS) is 1. The van der Waals surface area contributed by atoms with Crippen molar-refractivity contribution < 1.29 is 14.7 Å². The van der Waals surface area contributed by atoms with Gasteiger partial charge in [0.25, 0.3) is 5.56 Å². The number of nitrogens with zero attached hydrogens (tertiary/aromatic N) is 1. The van der Waals surface area contributed by atoms with E-state index in [0.29, 0.717) is 5.56 Å². The van der Waals surface area contributed by atoms with E-state index in [4.69, 9.17) is 5.11 Å². The molecule has 0 aliphatic rings. The predicted molar refractivity (Wildman–Crippen MR) is 65.9 cm³/mol. The van der Waals surface area contributed by atoms with E-state index in [1.54, 1.807) is 13.8 Å². The number of hydrogen-bond donors (Lipinski definition) is 2. The van der Waals surface area contributed by atoms with Gasteiger partial charge in [-0.25, -0.2) is 4.79 Å². The minimum absolute atomic E-state index is 0.0605. The van der Waals surface area contributed by atoms with Gasteiger partial charge in [-0.3, -0.25) is 14.2 Å². The van der Waals surface area contributed by atoms with Crippen LogP contribution in [0.15, 0.2) is 10.9 Å². The molecule has 1 heterocycles. The molecule has 0 bridgehead atoms. The van der Waals surface area contributed by atoms with Crippen molar-refractivity contribution in [2.75, 3.05) is 7.05 Å². The lowest BCUT2D eigenvalue weighted by molar-refractivity contribution is -0.123. The van der Waals surface area contributed by atoms with Gasteiger partial charge in [0.05, 0.1) is 5.56 Å². The Labute approximate surface area is 104 Å². The maximum Gasteiger partial charge on any atom is 0.337 e. The van der Waals surface area contributed by atoms with Crippen molar-refractivity contribution in [3.8, 4) is 0 Å². The Kier molecular flexibility index (Phi) is 3.90. The van der Waals surface area contributed by atoms with E-state index in [0.717, 1.165) is 0 Å². The fourth-order valence-corrected chi connectivity index (χ4v) is 2.03. The first-order valence-electron chi connectivity index (χ1n) is 5.48. The van der Waals surface area contributed by atoms with E-state index >= 15 is 0 Å². The van der Waals surface area contributed by atoms with Crippen molar-refractivity contribution in [3.05, 3.63) is 33.2 Å². The van der Waals surface area contributed by atoms with Crippen molar-refractivity contribution >= 4 is 11.9 Å². The number of aryl methyl sites for hydroxylation is 1. The molecule has 0 aromatic carbocycles. The molecule has 2 N–H and O–H groups in total. The minimum Gasteiger partial charge on any atom is -0.478 e. The molecule has 0 spiro atoms. The van der Waals surface area contributed by atoms with Gasteiger partial charge in [0, 0.05) is 18.8 Å². The second-order valence-corrected chi connectivity index (χ2v) is 4.09. The Bertz CT molecular complexity index is 560. The summed E-state index contributed by atoms with van der Waals surface area (Å²) in [7, 11) is 1.46. The summed E-state index contributed by atoms with van der Waals surface area (Å²) >= 11 is 0.